The van der Waals surface area contributed by atoms with E-state index in [4.69, 9.17) is 0 Å². The van der Waals surface area contributed by atoms with Gasteiger partial charge >= 0.3 is 0 Å². The van der Waals surface area contributed by atoms with Crippen LogP contribution in [-0.4, -0.2) is 11.8 Å². The Balaban J connectivity index is 4.14. The smallest absolute Gasteiger partial charge is 0.0493 e. The van der Waals surface area contributed by atoms with Crippen LogP contribution in [0, 0.1) is 11.8 Å². The highest BCUT2D eigenvalue weighted by molar-refractivity contribution is 5.84. The predicted octanol–water partition coefficient (Wildman–Crippen LogP) is 3.54. The van der Waals surface area contributed by atoms with Gasteiger partial charge in [0.1, 0.15) is 0 Å². The van der Waals surface area contributed by atoms with Crippen LogP contribution >= 0.6 is 0 Å². The third kappa shape index (κ3) is 3.89. The van der Waals surface area contributed by atoms with Crippen LogP contribution < -0.4 is 0 Å². The Kier molecular flexibility index (Phi) is 5.19. The van der Waals surface area contributed by atoms with E-state index in [2.05, 4.69) is 46.5 Å². The minimum atomic E-state index is 0.471. The molecule has 0 radical (unpaired) electrons. The average Bonchev–Trinajstić information content (AvgIpc) is 2.02. The number of hydrogen-bond donors (Lipinski definition) is 0. The van der Waals surface area contributed by atoms with Gasteiger partial charge in [0.15, 0.2) is 0 Å². The first-order chi connectivity index (χ1) is 5.49. The van der Waals surface area contributed by atoms with E-state index < -0.39 is 0 Å². The van der Waals surface area contributed by atoms with E-state index in [0.717, 1.165) is 0 Å². The molecular formula is C11H23N. The average molecular weight is 169 g/mol. The lowest BCUT2D eigenvalue weighted by molar-refractivity contribution is 0.526. The molecule has 0 aromatic rings. The third-order valence-electron chi connectivity index (χ3n) is 2.70. The monoisotopic (exact) mass is 169 g/mol. The van der Waals surface area contributed by atoms with Crippen molar-refractivity contribution in [3.63, 3.8) is 0 Å². The summed E-state index contributed by atoms with van der Waals surface area (Å²) in [5.74, 6) is 1.30. The van der Waals surface area contributed by atoms with Gasteiger partial charge in [-0.2, -0.15) is 0 Å². The summed E-state index contributed by atoms with van der Waals surface area (Å²) in [5.41, 5.74) is 1.30. The summed E-state index contributed by atoms with van der Waals surface area (Å²) in [7, 11) is 0. The van der Waals surface area contributed by atoms with Crippen molar-refractivity contribution in [1.29, 1.82) is 0 Å². The van der Waals surface area contributed by atoms with Crippen molar-refractivity contribution in [2.75, 3.05) is 0 Å². The Morgan fingerprint density at radius 2 is 1.67 bits per heavy atom. The first-order valence-electron chi connectivity index (χ1n) is 5.03. The molecule has 1 nitrogen and oxygen atoms in total. The van der Waals surface area contributed by atoms with Crippen molar-refractivity contribution in [2.45, 2.75) is 54.0 Å². The fourth-order valence-corrected chi connectivity index (χ4v) is 0.893. The zero-order valence-corrected chi connectivity index (χ0v) is 9.39. The highest BCUT2D eigenvalue weighted by Gasteiger charge is 2.07. The van der Waals surface area contributed by atoms with E-state index in [9.17, 15) is 0 Å². The SMILES string of the molecule is CCC(C)C(C)=NC(C)C(C)C. The molecular weight excluding hydrogens is 146 g/mol. The van der Waals surface area contributed by atoms with Crippen LogP contribution in [0.15, 0.2) is 4.99 Å². The predicted molar refractivity (Wildman–Crippen MR) is 56.9 cm³/mol. The van der Waals surface area contributed by atoms with Gasteiger partial charge in [-0.3, -0.25) is 4.99 Å². The summed E-state index contributed by atoms with van der Waals surface area (Å²) in [6, 6.07) is 0.471. The summed E-state index contributed by atoms with van der Waals surface area (Å²) in [6.07, 6.45) is 1.19. The number of nitrogens with zero attached hydrogens (tertiary/aromatic N) is 1. The topological polar surface area (TPSA) is 12.4 Å². The quantitative estimate of drug-likeness (QED) is 0.571. The second-order valence-corrected chi connectivity index (χ2v) is 4.06. The lowest BCUT2D eigenvalue weighted by Gasteiger charge is -2.14. The molecule has 0 N–H and O–H groups in total. The maximum Gasteiger partial charge on any atom is 0.0493 e. The summed E-state index contributed by atoms with van der Waals surface area (Å²) < 4.78 is 0. The third-order valence-corrected chi connectivity index (χ3v) is 2.70. The Morgan fingerprint density at radius 1 is 1.17 bits per heavy atom. The fourth-order valence-electron chi connectivity index (χ4n) is 0.893. The molecule has 0 rings (SSSR count). The minimum absolute atomic E-state index is 0.471. The van der Waals surface area contributed by atoms with E-state index in [1.165, 1.54) is 12.1 Å². The van der Waals surface area contributed by atoms with Crippen molar-refractivity contribution in [3.05, 3.63) is 0 Å². The maximum atomic E-state index is 4.66. The molecule has 12 heavy (non-hydrogen) atoms. The van der Waals surface area contributed by atoms with E-state index >= 15 is 0 Å². The Bertz CT molecular complexity index is 147. The van der Waals surface area contributed by atoms with Crippen molar-refractivity contribution >= 4 is 5.71 Å². The normalized spacial score (nSPS) is 18.1. The van der Waals surface area contributed by atoms with Crippen LogP contribution in [0.1, 0.15) is 48.0 Å². The Labute approximate surface area is 77.3 Å². The number of aliphatic imine (C=N–C) groups is 1. The summed E-state index contributed by atoms with van der Waals surface area (Å²) in [6.45, 7) is 13.2. The number of rotatable bonds is 4. The molecule has 0 heterocycles. The van der Waals surface area contributed by atoms with Gasteiger partial charge in [0.25, 0.3) is 0 Å². The maximum absolute atomic E-state index is 4.66. The van der Waals surface area contributed by atoms with E-state index in [-0.39, 0.29) is 0 Å². The Hall–Kier alpha value is -0.330. The van der Waals surface area contributed by atoms with Crippen LogP contribution in [0.2, 0.25) is 0 Å². The van der Waals surface area contributed by atoms with E-state index in [0.29, 0.717) is 17.9 Å². The second-order valence-electron chi connectivity index (χ2n) is 4.06. The first kappa shape index (κ1) is 11.7. The van der Waals surface area contributed by atoms with Crippen LogP contribution in [0.25, 0.3) is 0 Å². The fraction of sp³-hybridized carbons (Fsp3) is 0.909. The molecule has 0 aromatic heterocycles. The summed E-state index contributed by atoms with van der Waals surface area (Å²) >= 11 is 0. The van der Waals surface area contributed by atoms with Gasteiger partial charge in [-0.15, -0.1) is 0 Å². The molecule has 72 valence electrons. The van der Waals surface area contributed by atoms with Gasteiger partial charge < -0.3 is 0 Å². The summed E-state index contributed by atoms with van der Waals surface area (Å²) in [5, 5.41) is 0. The Morgan fingerprint density at radius 3 is 2.00 bits per heavy atom. The molecule has 0 spiro atoms. The van der Waals surface area contributed by atoms with Crippen molar-refractivity contribution in [1.82, 2.24) is 0 Å². The second kappa shape index (κ2) is 5.34. The lowest BCUT2D eigenvalue weighted by atomic mass is 10.0. The first-order valence-corrected chi connectivity index (χ1v) is 5.03. The molecule has 0 saturated heterocycles. The zero-order valence-electron chi connectivity index (χ0n) is 9.39. The van der Waals surface area contributed by atoms with Gasteiger partial charge in [0.2, 0.25) is 0 Å². The summed E-state index contributed by atoms with van der Waals surface area (Å²) in [4.78, 5) is 4.66. The molecule has 0 fully saturated rings. The van der Waals surface area contributed by atoms with Gasteiger partial charge in [0.05, 0.1) is 0 Å². The molecule has 1 heteroatoms. The largest absolute Gasteiger partial charge is 0.291 e. The standard InChI is InChI=1S/C11H23N/c1-7-9(4)11(6)12-10(5)8(2)3/h8-10H,7H2,1-6H3. The van der Waals surface area contributed by atoms with E-state index in [1.807, 2.05) is 0 Å². The molecule has 0 aromatic carbocycles. The van der Waals surface area contributed by atoms with Gasteiger partial charge in [-0.05, 0) is 32.1 Å². The van der Waals surface area contributed by atoms with Gasteiger partial charge in [-0.1, -0.05) is 27.7 Å². The van der Waals surface area contributed by atoms with Crippen LogP contribution in [0.3, 0.4) is 0 Å². The van der Waals surface area contributed by atoms with Gasteiger partial charge in [0, 0.05) is 11.8 Å². The lowest BCUT2D eigenvalue weighted by Crippen LogP contribution is -2.14. The molecule has 0 aliphatic heterocycles. The molecule has 0 saturated carbocycles. The highest BCUT2D eigenvalue weighted by atomic mass is 14.8. The molecule has 0 aliphatic rings. The van der Waals surface area contributed by atoms with Crippen LogP contribution in [0.4, 0.5) is 0 Å². The van der Waals surface area contributed by atoms with Gasteiger partial charge in [-0.25, -0.2) is 0 Å². The van der Waals surface area contributed by atoms with Crippen LogP contribution in [0.5, 0.6) is 0 Å². The molecule has 0 aliphatic carbocycles. The van der Waals surface area contributed by atoms with Crippen molar-refractivity contribution in [3.8, 4) is 0 Å². The van der Waals surface area contributed by atoms with E-state index in [1.54, 1.807) is 0 Å². The molecule has 0 bridgehead atoms. The zero-order chi connectivity index (χ0) is 9.72. The number of hydrogen-bond acceptors (Lipinski definition) is 1. The highest BCUT2D eigenvalue weighted by Crippen LogP contribution is 2.10. The molecule has 2 atom stereocenters. The molecule has 2 unspecified atom stereocenters. The van der Waals surface area contributed by atoms with Crippen LogP contribution in [-0.2, 0) is 0 Å². The molecule has 0 amide bonds. The van der Waals surface area contributed by atoms with Crippen molar-refractivity contribution < 1.29 is 0 Å². The van der Waals surface area contributed by atoms with Crippen molar-refractivity contribution in [2.24, 2.45) is 16.8 Å². The minimum Gasteiger partial charge on any atom is -0.291 e.